The van der Waals surface area contributed by atoms with Crippen LogP contribution in [0.2, 0.25) is 5.02 Å². The number of aliphatic hydroxyl groups excluding tert-OH is 1. The molecule has 0 saturated heterocycles. The first kappa shape index (κ1) is 16.9. The zero-order valence-corrected chi connectivity index (χ0v) is 13.3. The molecule has 1 aromatic carbocycles. The van der Waals surface area contributed by atoms with Crippen molar-refractivity contribution in [1.29, 1.82) is 5.26 Å². The van der Waals surface area contributed by atoms with E-state index in [0.29, 0.717) is 16.1 Å². The molecule has 1 aromatic heterocycles. The average molecular weight is 334 g/mol. The van der Waals surface area contributed by atoms with Gasteiger partial charge in [-0.2, -0.15) is 5.26 Å². The Morgan fingerprint density at radius 1 is 1.35 bits per heavy atom. The number of nitriles is 1. The number of hydrogen-bond acceptors (Lipinski definition) is 5. The van der Waals surface area contributed by atoms with E-state index >= 15 is 0 Å². The molecule has 0 aliphatic heterocycles. The summed E-state index contributed by atoms with van der Waals surface area (Å²) in [7, 11) is 0. The Balaban J connectivity index is 2.41. The standard InChI is InChI=1S/C16H16ClN3O3/c1-10-13(8-18)15(22)20(6-7-21)16(23)14(10)9-19-12-4-2-11(17)3-5-12/h2-5,19,21,23H,6-7,9H2,1H3. The van der Waals surface area contributed by atoms with Gasteiger partial charge in [-0.05, 0) is 36.8 Å². The van der Waals surface area contributed by atoms with E-state index in [2.05, 4.69) is 5.32 Å². The van der Waals surface area contributed by atoms with E-state index in [1.54, 1.807) is 31.2 Å². The molecule has 0 saturated carbocycles. The van der Waals surface area contributed by atoms with Crippen LogP contribution < -0.4 is 10.9 Å². The molecule has 23 heavy (non-hydrogen) atoms. The fourth-order valence-electron chi connectivity index (χ4n) is 2.28. The SMILES string of the molecule is Cc1c(CNc2ccc(Cl)cc2)c(O)n(CCO)c(=O)c1C#N. The Morgan fingerprint density at radius 3 is 2.57 bits per heavy atom. The maximum Gasteiger partial charge on any atom is 0.271 e. The summed E-state index contributed by atoms with van der Waals surface area (Å²) in [5, 5.41) is 32.2. The molecule has 0 amide bonds. The van der Waals surface area contributed by atoms with Gasteiger partial charge in [-0.3, -0.25) is 9.36 Å². The van der Waals surface area contributed by atoms with Crippen molar-refractivity contribution in [2.45, 2.75) is 20.0 Å². The molecule has 6 nitrogen and oxygen atoms in total. The minimum Gasteiger partial charge on any atom is -0.494 e. The summed E-state index contributed by atoms with van der Waals surface area (Å²) in [4.78, 5) is 12.1. The molecule has 0 atom stereocenters. The number of halogens is 1. The van der Waals surface area contributed by atoms with Crippen molar-refractivity contribution in [2.75, 3.05) is 11.9 Å². The highest BCUT2D eigenvalue weighted by Crippen LogP contribution is 2.23. The molecule has 2 aromatic rings. The van der Waals surface area contributed by atoms with Gasteiger partial charge in [-0.1, -0.05) is 11.6 Å². The minimum absolute atomic E-state index is 0.0378. The van der Waals surface area contributed by atoms with E-state index in [1.165, 1.54) is 0 Å². The van der Waals surface area contributed by atoms with Crippen molar-refractivity contribution in [3.8, 4) is 11.9 Å². The monoisotopic (exact) mass is 333 g/mol. The zero-order chi connectivity index (χ0) is 17.0. The van der Waals surface area contributed by atoms with Gasteiger partial charge in [0.1, 0.15) is 11.6 Å². The van der Waals surface area contributed by atoms with E-state index in [4.69, 9.17) is 16.7 Å². The van der Waals surface area contributed by atoms with Crippen molar-refractivity contribution in [3.05, 3.63) is 56.3 Å². The van der Waals surface area contributed by atoms with E-state index in [-0.39, 0.29) is 31.1 Å². The van der Waals surface area contributed by atoms with Crippen LogP contribution in [0, 0.1) is 18.3 Å². The summed E-state index contributed by atoms with van der Waals surface area (Å²) in [5.41, 5.74) is 0.998. The quantitative estimate of drug-likeness (QED) is 0.777. The lowest BCUT2D eigenvalue weighted by molar-refractivity contribution is 0.263. The van der Waals surface area contributed by atoms with Gasteiger partial charge in [0.05, 0.1) is 13.2 Å². The fraction of sp³-hybridized carbons (Fsp3) is 0.250. The van der Waals surface area contributed by atoms with Crippen molar-refractivity contribution in [2.24, 2.45) is 0 Å². The second-order valence-electron chi connectivity index (χ2n) is 4.95. The van der Waals surface area contributed by atoms with Crippen molar-refractivity contribution in [1.82, 2.24) is 4.57 Å². The Bertz CT molecular complexity index is 807. The lowest BCUT2D eigenvalue weighted by Crippen LogP contribution is -2.27. The molecule has 0 fully saturated rings. The average Bonchev–Trinajstić information content (AvgIpc) is 2.53. The summed E-state index contributed by atoms with van der Waals surface area (Å²) in [5.74, 6) is -0.248. The lowest BCUT2D eigenvalue weighted by Gasteiger charge is -2.16. The first-order valence-electron chi connectivity index (χ1n) is 6.95. The van der Waals surface area contributed by atoms with Gasteiger partial charge < -0.3 is 15.5 Å². The number of aromatic nitrogens is 1. The van der Waals surface area contributed by atoms with E-state index in [0.717, 1.165) is 10.3 Å². The normalized spacial score (nSPS) is 10.3. The van der Waals surface area contributed by atoms with Crippen LogP contribution in [-0.2, 0) is 13.1 Å². The topological polar surface area (TPSA) is 98.3 Å². The predicted octanol–water partition coefficient (Wildman–Crippen LogP) is 1.99. The molecule has 0 aliphatic carbocycles. The Labute approximate surface area is 138 Å². The molecule has 0 radical (unpaired) electrons. The number of aliphatic hydroxyl groups is 1. The van der Waals surface area contributed by atoms with Crippen molar-refractivity contribution >= 4 is 17.3 Å². The van der Waals surface area contributed by atoms with Crippen LogP contribution in [0.1, 0.15) is 16.7 Å². The summed E-state index contributed by atoms with van der Waals surface area (Å²) < 4.78 is 1.00. The third kappa shape index (κ3) is 3.47. The van der Waals surface area contributed by atoms with Crippen LogP contribution in [0.4, 0.5) is 5.69 Å². The highest BCUT2D eigenvalue weighted by Gasteiger charge is 2.18. The largest absolute Gasteiger partial charge is 0.494 e. The van der Waals surface area contributed by atoms with Crippen LogP contribution in [0.15, 0.2) is 29.1 Å². The Kier molecular flexibility index (Phi) is 5.27. The molecule has 2 rings (SSSR count). The summed E-state index contributed by atoms with van der Waals surface area (Å²) in [6.07, 6.45) is 0. The number of rotatable bonds is 5. The lowest BCUT2D eigenvalue weighted by atomic mass is 10.1. The number of aromatic hydroxyl groups is 1. The van der Waals surface area contributed by atoms with Gasteiger partial charge in [-0.25, -0.2) is 0 Å². The third-order valence-corrected chi connectivity index (χ3v) is 3.81. The van der Waals surface area contributed by atoms with Gasteiger partial charge in [0.25, 0.3) is 5.56 Å². The van der Waals surface area contributed by atoms with Gasteiger partial charge in [0.2, 0.25) is 0 Å². The first-order chi connectivity index (χ1) is 11.0. The molecular formula is C16H16ClN3O3. The molecule has 120 valence electrons. The summed E-state index contributed by atoms with van der Waals surface area (Å²) >= 11 is 5.83. The highest BCUT2D eigenvalue weighted by molar-refractivity contribution is 6.30. The highest BCUT2D eigenvalue weighted by atomic mass is 35.5. The van der Waals surface area contributed by atoms with E-state index < -0.39 is 5.56 Å². The van der Waals surface area contributed by atoms with Gasteiger partial charge in [0, 0.05) is 22.8 Å². The molecule has 0 bridgehead atoms. The molecule has 0 aliphatic rings. The molecule has 1 heterocycles. The number of benzene rings is 1. The van der Waals surface area contributed by atoms with Crippen LogP contribution in [-0.4, -0.2) is 21.4 Å². The molecule has 7 heteroatoms. The maximum absolute atomic E-state index is 12.1. The van der Waals surface area contributed by atoms with Crippen molar-refractivity contribution in [3.63, 3.8) is 0 Å². The van der Waals surface area contributed by atoms with E-state index in [1.807, 2.05) is 6.07 Å². The molecule has 0 spiro atoms. The van der Waals surface area contributed by atoms with Crippen LogP contribution in [0.25, 0.3) is 0 Å². The van der Waals surface area contributed by atoms with Gasteiger partial charge in [0.15, 0.2) is 5.88 Å². The number of nitrogens with one attached hydrogen (secondary N) is 1. The third-order valence-electron chi connectivity index (χ3n) is 3.56. The van der Waals surface area contributed by atoms with Crippen LogP contribution in [0.5, 0.6) is 5.88 Å². The van der Waals surface area contributed by atoms with Crippen LogP contribution >= 0.6 is 11.6 Å². The molecular weight excluding hydrogens is 318 g/mol. The number of pyridine rings is 1. The van der Waals surface area contributed by atoms with E-state index in [9.17, 15) is 15.2 Å². The fourth-order valence-corrected chi connectivity index (χ4v) is 2.41. The predicted molar refractivity (Wildman–Crippen MR) is 87.7 cm³/mol. The number of hydrogen-bond donors (Lipinski definition) is 3. The summed E-state index contributed by atoms with van der Waals surface area (Å²) in [6, 6.07) is 8.88. The second-order valence-corrected chi connectivity index (χ2v) is 5.39. The van der Waals surface area contributed by atoms with Gasteiger partial charge in [-0.15, -0.1) is 0 Å². The molecule has 3 N–H and O–H groups in total. The smallest absolute Gasteiger partial charge is 0.271 e. The zero-order valence-electron chi connectivity index (χ0n) is 12.5. The second kappa shape index (κ2) is 7.18. The van der Waals surface area contributed by atoms with Crippen LogP contribution in [0.3, 0.4) is 0 Å². The number of nitrogens with zero attached hydrogens (tertiary/aromatic N) is 2. The summed E-state index contributed by atoms with van der Waals surface area (Å²) in [6.45, 7) is 1.44. The minimum atomic E-state index is -0.605. The molecule has 0 unspecified atom stereocenters. The Hall–Kier alpha value is -2.49. The van der Waals surface area contributed by atoms with Crippen molar-refractivity contribution < 1.29 is 10.2 Å². The van der Waals surface area contributed by atoms with Gasteiger partial charge >= 0.3 is 0 Å². The number of anilines is 1. The Morgan fingerprint density at radius 2 is 2.00 bits per heavy atom. The first-order valence-corrected chi connectivity index (χ1v) is 7.33. The maximum atomic E-state index is 12.1.